The Labute approximate surface area is 368 Å². The fraction of sp³-hybridized carbons (Fsp3) is 0.0667. The standard InChI is InChI=1S/C60H45N3/c1-4-16-44(17-5-1)51-22-10-13-25-56(51)61(49-34-28-42(29-35-49)45-32-38-59-54(40-45)52-23-11-14-26-57(52)62(59)47-18-6-2-7-19-47)50-36-30-43(31-37-50)46-33-39-60-55(41-46)53-24-12-15-27-58(53)63(60)48-20-8-3-9-21-48/h1-11,13-23,25-31,33-41,45H,12,24,32H2. The molecule has 0 bridgehead atoms. The zero-order valence-electron chi connectivity index (χ0n) is 35.0. The van der Waals surface area contributed by atoms with Crippen molar-refractivity contribution in [1.82, 2.24) is 9.13 Å². The van der Waals surface area contributed by atoms with E-state index in [9.17, 15) is 0 Å². The molecule has 8 aromatic carbocycles. The maximum atomic E-state index is 2.49. The summed E-state index contributed by atoms with van der Waals surface area (Å²) in [7, 11) is 0. The third kappa shape index (κ3) is 6.44. The Morgan fingerprint density at radius 2 is 1.11 bits per heavy atom. The van der Waals surface area contributed by atoms with Crippen LogP contribution in [0, 0.1) is 0 Å². The summed E-state index contributed by atoms with van der Waals surface area (Å²) >= 11 is 0. The van der Waals surface area contributed by atoms with E-state index in [2.05, 4.69) is 245 Å². The van der Waals surface area contributed by atoms with Gasteiger partial charge in [-0.3, -0.25) is 0 Å². The highest BCUT2D eigenvalue weighted by atomic mass is 15.1. The lowest BCUT2D eigenvalue weighted by atomic mass is 9.91. The molecule has 2 heterocycles. The van der Waals surface area contributed by atoms with Crippen molar-refractivity contribution in [3.05, 3.63) is 240 Å². The highest BCUT2D eigenvalue weighted by molar-refractivity contribution is 5.95. The molecule has 2 aliphatic rings. The second-order valence-electron chi connectivity index (χ2n) is 16.8. The average Bonchev–Trinajstić information content (AvgIpc) is 3.88. The van der Waals surface area contributed by atoms with Crippen molar-refractivity contribution in [2.45, 2.75) is 25.2 Å². The number of nitrogens with zero attached hydrogens (tertiary/aromatic N) is 3. The molecule has 0 aliphatic heterocycles. The minimum absolute atomic E-state index is 0.273. The molecule has 3 nitrogen and oxygen atoms in total. The quantitative estimate of drug-likeness (QED) is 0.149. The fourth-order valence-electron chi connectivity index (χ4n) is 10.2. The summed E-state index contributed by atoms with van der Waals surface area (Å²) in [4.78, 5) is 2.42. The van der Waals surface area contributed by atoms with E-state index in [1.54, 1.807) is 0 Å². The van der Waals surface area contributed by atoms with Crippen molar-refractivity contribution in [3.8, 4) is 33.6 Å². The smallest absolute Gasteiger partial charge is 0.0540 e. The van der Waals surface area contributed by atoms with Crippen LogP contribution < -0.4 is 15.5 Å². The lowest BCUT2D eigenvalue weighted by Gasteiger charge is -2.28. The molecule has 10 aromatic rings. The number of hydrogen-bond donors (Lipinski definition) is 0. The molecule has 0 saturated heterocycles. The number of benzene rings is 8. The second kappa shape index (κ2) is 15.5. The number of rotatable bonds is 8. The van der Waals surface area contributed by atoms with E-state index in [0.717, 1.165) is 36.3 Å². The number of aryl methyl sites for hydroxylation is 1. The number of hydrogen-bond acceptors (Lipinski definition) is 1. The third-order valence-corrected chi connectivity index (χ3v) is 13.1. The van der Waals surface area contributed by atoms with Crippen LogP contribution in [0.1, 0.15) is 35.6 Å². The van der Waals surface area contributed by atoms with Gasteiger partial charge in [-0.25, -0.2) is 0 Å². The minimum atomic E-state index is 0.273. The predicted octanol–water partition coefficient (Wildman–Crippen LogP) is 14.1. The molecule has 0 N–H and O–H groups in total. The summed E-state index contributed by atoms with van der Waals surface area (Å²) in [6, 6.07) is 75.3. The van der Waals surface area contributed by atoms with Crippen LogP contribution in [0.15, 0.2) is 212 Å². The van der Waals surface area contributed by atoms with Crippen LogP contribution in [-0.2, 0) is 6.42 Å². The van der Waals surface area contributed by atoms with Gasteiger partial charge in [0.05, 0.1) is 16.7 Å². The lowest BCUT2D eigenvalue weighted by molar-refractivity contribution is 0.907. The van der Waals surface area contributed by atoms with Crippen molar-refractivity contribution in [1.29, 1.82) is 0 Å². The van der Waals surface area contributed by atoms with E-state index in [1.807, 2.05) is 0 Å². The van der Waals surface area contributed by atoms with E-state index in [0.29, 0.717) is 0 Å². The molecule has 1 unspecified atom stereocenters. The van der Waals surface area contributed by atoms with Gasteiger partial charge in [0.15, 0.2) is 0 Å². The van der Waals surface area contributed by atoms with Crippen LogP contribution in [0.2, 0.25) is 0 Å². The normalized spacial score (nSPS) is 14.2. The van der Waals surface area contributed by atoms with Crippen molar-refractivity contribution in [3.63, 3.8) is 0 Å². The first-order valence-electron chi connectivity index (χ1n) is 22.2. The Bertz CT molecular complexity index is 3450. The molecule has 3 heteroatoms. The first-order chi connectivity index (χ1) is 31.3. The largest absolute Gasteiger partial charge is 0.310 e. The summed E-state index contributed by atoms with van der Waals surface area (Å²) in [6.07, 6.45) is 12.6. The molecule has 2 aromatic heterocycles. The molecule has 0 saturated carbocycles. The van der Waals surface area contributed by atoms with E-state index in [-0.39, 0.29) is 5.92 Å². The van der Waals surface area contributed by atoms with E-state index in [1.165, 1.54) is 82.8 Å². The van der Waals surface area contributed by atoms with E-state index in [4.69, 9.17) is 0 Å². The SMILES string of the molecule is C1=Cc2c(c3cc(-c4ccc(N(c5ccc(C6C=c7c(n(-c8ccccc8)c8ccccc78)=CC6)cc5)c5ccccc5-c5ccccc5)cc4)ccc3n2-c2ccccc2)CC1. The van der Waals surface area contributed by atoms with E-state index >= 15 is 0 Å². The number of aromatic nitrogens is 2. The highest BCUT2D eigenvalue weighted by Gasteiger charge is 2.22. The molecule has 12 rings (SSSR count). The molecule has 2 aliphatic carbocycles. The first kappa shape index (κ1) is 36.9. The zero-order valence-corrected chi connectivity index (χ0v) is 35.0. The van der Waals surface area contributed by atoms with Crippen LogP contribution >= 0.6 is 0 Å². The highest BCUT2D eigenvalue weighted by Crippen LogP contribution is 2.43. The molecule has 1 atom stereocenters. The van der Waals surface area contributed by atoms with Crippen LogP contribution in [0.5, 0.6) is 0 Å². The molecule has 300 valence electrons. The molecular formula is C60H45N3. The Balaban J connectivity index is 0.928. The van der Waals surface area contributed by atoms with Gasteiger partial charge in [-0.05, 0) is 126 Å². The van der Waals surface area contributed by atoms with Gasteiger partial charge >= 0.3 is 0 Å². The summed E-state index contributed by atoms with van der Waals surface area (Å²) in [5.74, 6) is 0.273. The predicted molar refractivity (Wildman–Crippen MR) is 265 cm³/mol. The zero-order chi connectivity index (χ0) is 41.7. The van der Waals surface area contributed by atoms with Gasteiger partial charge in [0.2, 0.25) is 0 Å². The van der Waals surface area contributed by atoms with E-state index < -0.39 is 0 Å². The van der Waals surface area contributed by atoms with Gasteiger partial charge in [-0.2, -0.15) is 0 Å². The average molecular weight is 808 g/mol. The van der Waals surface area contributed by atoms with Crippen molar-refractivity contribution >= 4 is 57.1 Å². The van der Waals surface area contributed by atoms with Crippen LogP contribution in [-0.4, -0.2) is 9.13 Å². The number of para-hydroxylation sites is 4. The van der Waals surface area contributed by atoms with Gasteiger partial charge < -0.3 is 14.0 Å². The van der Waals surface area contributed by atoms with Crippen molar-refractivity contribution in [2.75, 3.05) is 4.90 Å². The fourth-order valence-corrected chi connectivity index (χ4v) is 10.2. The Morgan fingerprint density at radius 1 is 0.492 bits per heavy atom. The molecular weight excluding hydrogens is 763 g/mol. The topological polar surface area (TPSA) is 13.1 Å². The molecule has 0 fully saturated rings. The van der Waals surface area contributed by atoms with Crippen LogP contribution in [0.25, 0.3) is 73.7 Å². The van der Waals surface area contributed by atoms with Crippen LogP contribution in [0.3, 0.4) is 0 Å². The maximum Gasteiger partial charge on any atom is 0.0540 e. The number of anilines is 3. The van der Waals surface area contributed by atoms with Crippen LogP contribution in [0.4, 0.5) is 17.1 Å². The van der Waals surface area contributed by atoms with Crippen molar-refractivity contribution in [2.24, 2.45) is 0 Å². The third-order valence-electron chi connectivity index (χ3n) is 13.1. The molecule has 0 radical (unpaired) electrons. The Hall–Kier alpha value is -7.88. The molecule has 0 spiro atoms. The monoisotopic (exact) mass is 807 g/mol. The summed E-state index contributed by atoms with van der Waals surface area (Å²) in [5.41, 5.74) is 17.2. The van der Waals surface area contributed by atoms with Gasteiger partial charge in [-0.1, -0.05) is 152 Å². The Morgan fingerprint density at radius 3 is 1.87 bits per heavy atom. The van der Waals surface area contributed by atoms with Gasteiger partial charge in [-0.15, -0.1) is 0 Å². The minimum Gasteiger partial charge on any atom is -0.310 e. The number of fused-ring (bicyclic) bond motifs is 6. The Kier molecular flexibility index (Phi) is 9.11. The number of allylic oxidation sites excluding steroid dienone is 1. The van der Waals surface area contributed by atoms with Crippen molar-refractivity contribution < 1.29 is 0 Å². The maximum absolute atomic E-state index is 2.49. The summed E-state index contributed by atoms with van der Waals surface area (Å²) in [6.45, 7) is 0. The molecule has 0 amide bonds. The lowest BCUT2D eigenvalue weighted by Crippen LogP contribution is -2.31. The summed E-state index contributed by atoms with van der Waals surface area (Å²) in [5, 5.41) is 5.23. The second-order valence-corrected chi connectivity index (χ2v) is 16.8. The summed E-state index contributed by atoms with van der Waals surface area (Å²) < 4.78 is 4.84. The molecule has 63 heavy (non-hydrogen) atoms. The first-order valence-corrected chi connectivity index (χ1v) is 22.2. The van der Waals surface area contributed by atoms with Gasteiger partial charge in [0.1, 0.15) is 0 Å². The van der Waals surface area contributed by atoms with Gasteiger partial charge in [0.25, 0.3) is 0 Å². The van der Waals surface area contributed by atoms with Gasteiger partial charge in [0, 0.05) is 61.3 Å².